The number of hydrogen-bond acceptors (Lipinski definition) is 6. The Bertz CT molecular complexity index is 1040. The molecule has 0 saturated heterocycles. The second-order valence-electron chi connectivity index (χ2n) is 5.30. The van der Waals surface area contributed by atoms with Crippen LogP contribution < -0.4 is 0 Å². The first-order valence-corrected chi connectivity index (χ1v) is 7.28. The topological polar surface area (TPSA) is 95.7 Å². The van der Waals surface area contributed by atoms with Gasteiger partial charge in [0.05, 0.1) is 30.3 Å². The van der Waals surface area contributed by atoms with Crippen LogP contribution in [-0.4, -0.2) is 31.1 Å². The van der Waals surface area contributed by atoms with Crippen molar-refractivity contribution < 1.29 is 24.0 Å². The molecule has 25 heavy (non-hydrogen) atoms. The van der Waals surface area contributed by atoms with Gasteiger partial charge in [0, 0.05) is 17.5 Å². The molecule has 0 atom stereocenters. The molecule has 3 aromatic carbocycles. The summed E-state index contributed by atoms with van der Waals surface area (Å²) in [6.45, 7) is 0. The minimum absolute atomic E-state index is 0.0805. The lowest BCUT2D eigenvalue weighted by atomic mass is 9.93. The van der Waals surface area contributed by atoms with Gasteiger partial charge in [-0.15, -0.1) is 0 Å². The molecule has 0 spiro atoms. The normalized spacial score (nSPS) is 10.6. The predicted octanol–water partition coefficient (Wildman–Crippen LogP) is 3.47. The van der Waals surface area contributed by atoms with Gasteiger partial charge in [-0.1, -0.05) is 12.1 Å². The summed E-state index contributed by atoms with van der Waals surface area (Å²) in [7, 11) is 2.49. The van der Waals surface area contributed by atoms with Crippen LogP contribution in [-0.2, 0) is 9.47 Å². The molecule has 7 nitrogen and oxygen atoms in total. The predicted molar refractivity (Wildman–Crippen MR) is 90.8 cm³/mol. The Hall–Kier alpha value is -3.48. The van der Waals surface area contributed by atoms with Crippen molar-refractivity contribution in [3.05, 3.63) is 63.7 Å². The van der Waals surface area contributed by atoms with Gasteiger partial charge < -0.3 is 9.47 Å². The van der Waals surface area contributed by atoms with Crippen molar-refractivity contribution in [3.63, 3.8) is 0 Å². The summed E-state index contributed by atoms with van der Waals surface area (Å²) in [4.78, 5) is 34.9. The van der Waals surface area contributed by atoms with Crippen LogP contribution in [0.2, 0.25) is 0 Å². The summed E-state index contributed by atoms with van der Waals surface area (Å²) < 4.78 is 9.61. The highest BCUT2D eigenvalue weighted by atomic mass is 16.6. The van der Waals surface area contributed by atoms with E-state index in [-0.39, 0.29) is 16.8 Å². The maximum Gasteiger partial charge on any atom is 0.338 e. The smallest absolute Gasteiger partial charge is 0.338 e. The van der Waals surface area contributed by atoms with Crippen molar-refractivity contribution >= 4 is 39.2 Å². The quantitative estimate of drug-likeness (QED) is 0.314. The van der Waals surface area contributed by atoms with Crippen LogP contribution in [0, 0.1) is 10.1 Å². The van der Waals surface area contributed by atoms with E-state index >= 15 is 0 Å². The number of nitro benzene ring substituents is 1. The Kier molecular flexibility index (Phi) is 4.06. The summed E-state index contributed by atoms with van der Waals surface area (Å²) >= 11 is 0. The van der Waals surface area contributed by atoms with Gasteiger partial charge in [-0.3, -0.25) is 10.1 Å². The van der Waals surface area contributed by atoms with Crippen molar-refractivity contribution in [1.29, 1.82) is 0 Å². The fourth-order valence-corrected chi connectivity index (χ4v) is 2.86. The number of methoxy groups -OCH3 is 2. The summed E-state index contributed by atoms with van der Waals surface area (Å²) in [6, 6.07) is 10.8. The third-order valence-electron chi connectivity index (χ3n) is 3.98. The maximum absolute atomic E-state index is 12.2. The molecule has 0 saturated carbocycles. The van der Waals surface area contributed by atoms with Crippen LogP contribution in [0.15, 0.2) is 42.5 Å². The van der Waals surface area contributed by atoms with E-state index in [1.54, 1.807) is 24.3 Å². The van der Waals surface area contributed by atoms with E-state index in [9.17, 15) is 19.7 Å². The van der Waals surface area contributed by atoms with Crippen LogP contribution in [0.4, 0.5) is 5.69 Å². The molecule has 0 amide bonds. The van der Waals surface area contributed by atoms with Gasteiger partial charge in [0.2, 0.25) is 0 Å². The van der Waals surface area contributed by atoms with E-state index in [0.29, 0.717) is 21.5 Å². The van der Waals surface area contributed by atoms with E-state index in [1.165, 1.54) is 32.4 Å². The molecule has 0 aromatic heterocycles. The Balaban J connectivity index is 2.52. The van der Waals surface area contributed by atoms with E-state index in [2.05, 4.69) is 0 Å². The van der Waals surface area contributed by atoms with Crippen molar-refractivity contribution in [3.8, 4) is 0 Å². The summed E-state index contributed by atoms with van der Waals surface area (Å²) in [5, 5.41) is 13.1. The Morgan fingerprint density at radius 2 is 1.60 bits per heavy atom. The SMILES string of the molecule is COC(=O)c1cccc2c1c(C(=O)OC)cc1ccc([N+](=O)[O-])cc12. The molecule has 7 heteroatoms. The number of carbonyl (C=O) groups excluding carboxylic acids is 2. The van der Waals surface area contributed by atoms with Crippen molar-refractivity contribution in [2.24, 2.45) is 0 Å². The monoisotopic (exact) mass is 339 g/mol. The number of rotatable bonds is 3. The minimum atomic E-state index is -0.611. The summed E-state index contributed by atoms with van der Waals surface area (Å²) in [5.74, 6) is -1.22. The molecule has 0 aliphatic rings. The van der Waals surface area contributed by atoms with Gasteiger partial charge in [-0.2, -0.15) is 0 Å². The van der Waals surface area contributed by atoms with Gasteiger partial charge >= 0.3 is 11.9 Å². The molecule has 0 bridgehead atoms. The second-order valence-corrected chi connectivity index (χ2v) is 5.30. The van der Waals surface area contributed by atoms with Gasteiger partial charge in [0.15, 0.2) is 0 Å². The van der Waals surface area contributed by atoms with E-state index in [1.807, 2.05) is 0 Å². The number of esters is 2. The molecule has 0 aliphatic heterocycles. The molecule has 0 N–H and O–H groups in total. The van der Waals surface area contributed by atoms with E-state index in [0.717, 1.165) is 0 Å². The minimum Gasteiger partial charge on any atom is -0.465 e. The molecule has 0 unspecified atom stereocenters. The molecule has 0 aliphatic carbocycles. The lowest BCUT2D eigenvalue weighted by Crippen LogP contribution is -2.08. The molecular formula is C18H13NO6. The zero-order valence-electron chi connectivity index (χ0n) is 13.4. The van der Waals surface area contributed by atoms with Gasteiger partial charge in [-0.25, -0.2) is 9.59 Å². The van der Waals surface area contributed by atoms with E-state index in [4.69, 9.17) is 9.47 Å². The molecule has 3 rings (SSSR count). The van der Waals surface area contributed by atoms with Crippen molar-refractivity contribution in [1.82, 2.24) is 0 Å². The van der Waals surface area contributed by atoms with Gasteiger partial charge in [-0.05, 0) is 34.4 Å². The van der Waals surface area contributed by atoms with Crippen LogP contribution in [0.1, 0.15) is 20.7 Å². The van der Waals surface area contributed by atoms with Crippen LogP contribution >= 0.6 is 0 Å². The van der Waals surface area contributed by atoms with Crippen LogP contribution in [0.25, 0.3) is 21.5 Å². The highest BCUT2D eigenvalue weighted by Crippen LogP contribution is 2.34. The molecular weight excluding hydrogens is 326 g/mol. The Labute approximate surface area is 141 Å². The zero-order chi connectivity index (χ0) is 18.1. The first kappa shape index (κ1) is 16.4. The number of nitro groups is 1. The second kappa shape index (κ2) is 6.20. The summed E-state index contributed by atoms with van der Waals surface area (Å²) in [5.41, 5.74) is 0.303. The Morgan fingerprint density at radius 1 is 0.920 bits per heavy atom. The van der Waals surface area contributed by atoms with Gasteiger partial charge in [0.1, 0.15) is 0 Å². The number of benzene rings is 3. The lowest BCUT2D eigenvalue weighted by Gasteiger charge is -2.12. The van der Waals surface area contributed by atoms with Crippen molar-refractivity contribution in [2.75, 3.05) is 14.2 Å². The highest BCUT2D eigenvalue weighted by Gasteiger charge is 2.21. The van der Waals surface area contributed by atoms with E-state index < -0.39 is 16.9 Å². The molecule has 0 fully saturated rings. The largest absolute Gasteiger partial charge is 0.465 e. The van der Waals surface area contributed by atoms with Crippen LogP contribution in [0.3, 0.4) is 0 Å². The number of nitrogens with zero attached hydrogens (tertiary/aromatic N) is 1. The number of non-ortho nitro benzene ring substituents is 1. The zero-order valence-corrected chi connectivity index (χ0v) is 13.4. The molecule has 0 heterocycles. The number of fused-ring (bicyclic) bond motifs is 3. The summed E-state index contributed by atoms with van der Waals surface area (Å²) in [6.07, 6.45) is 0. The third-order valence-corrected chi connectivity index (χ3v) is 3.98. The Morgan fingerprint density at radius 3 is 2.24 bits per heavy atom. The molecule has 126 valence electrons. The average Bonchev–Trinajstić information content (AvgIpc) is 2.64. The number of hydrogen-bond donors (Lipinski definition) is 0. The fourth-order valence-electron chi connectivity index (χ4n) is 2.86. The molecule has 0 radical (unpaired) electrons. The average molecular weight is 339 g/mol. The first-order valence-electron chi connectivity index (χ1n) is 7.28. The van der Waals surface area contributed by atoms with Crippen LogP contribution in [0.5, 0.6) is 0 Å². The lowest BCUT2D eigenvalue weighted by molar-refractivity contribution is -0.384. The standard InChI is InChI=1S/C18H13NO6/c1-24-17(20)13-5-3-4-12-14-9-11(19(22)23)7-6-10(14)8-15(16(12)13)18(21)25-2/h3-9H,1-2H3. The third kappa shape index (κ3) is 2.65. The molecule has 3 aromatic rings. The van der Waals surface area contributed by atoms with Gasteiger partial charge in [0.25, 0.3) is 5.69 Å². The maximum atomic E-state index is 12.2. The number of carbonyl (C=O) groups is 2. The fraction of sp³-hybridized carbons (Fsp3) is 0.111. The number of ether oxygens (including phenoxy) is 2. The first-order chi connectivity index (χ1) is 12.0. The highest BCUT2D eigenvalue weighted by molar-refractivity contribution is 6.21. The van der Waals surface area contributed by atoms with Crippen molar-refractivity contribution in [2.45, 2.75) is 0 Å².